The van der Waals surface area contributed by atoms with E-state index in [1.165, 1.54) is 5.56 Å². The van der Waals surface area contributed by atoms with Gasteiger partial charge in [0.2, 0.25) is 0 Å². The van der Waals surface area contributed by atoms with Crippen molar-refractivity contribution in [1.82, 2.24) is 5.32 Å². The van der Waals surface area contributed by atoms with Crippen LogP contribution in [0.3, 0.4) is 0 Å². The second-order valence-electron chi connectivity index (χ2n) is 3.70. The second kappa shape index (κ2) is 5.61. The summed E-state index contributed by atoms with van der Waals surface area (Å²) < 4.78 is 5.38. The number of nitrogens with two attached hydrogens (primary N) is 1. The monoisotopic (exact) mass is 208 g/mol. The van der Waals surface area contributed by atoms with E-state index < -0.39 is 0 Å². The Morgan fingerprint density at radius 2 is 2.20 bits per heavy atom. The molecule has 1 aromatic rings. The second-order valence-corrected chi connectivity index (χ2v) is 3.70. The van der Waals surface area contributed by atoms with Gasteiger partial charge in [0.05, 0.1) is 12.3 Å². The van der Waals surface area contributed by atoms with Gasteiger partial charge in [-0.2, -0.15) is 0 Å². The molecular weight excluding hydrogens is 188 g/mol. The third-order valence-electron chi connectivity index (χ3n) is 2.41. The number of ether oxygens (including phenoxy) is 1. The topological polar surface area (TPSA) is 47.3 Å². The fourth-order valence-corrected chi connectivity index (χ4v) is 1.47. The highest BCUT2D eigenvalue weighted by Crippen LogP contribution is 2.22. The third-order valence-corrected chi connectivity index (χ3v) is 2.41. The fourth-order valence-electron chi connectivity index (χ4n) is 1.47. The van der Waals surface area contributed by atoms with E-state index in [-0.39, 0.29) is 0 Å². The zero-order chi connectivity index (χ0) is 11.3. The Hall–Kier alpha value is -1.22. The molecule has 3 N–H and O–H groups in total. The molecule has 0 aliphatic carbocycles. The Bertz CT molecular complexity index is 312. The van der Waals surface area contributed by atoms with Gasteiger partial charge >= 0.3 is 0 Å². The Kier molecular flexibility index (Phi) is 4.43. The third kappa shape index (κ3) is 3.44. The molecule has 0 aromatic heterocycles. The highest BCUT2D eigenvalue weighted by Gasteiger charge is 2.04. The summed E-state index contributed by atoms with van der Waals surface area (Å²) in [5, 5.41) is 3.20. The largest absolute Gasteiger partial charge is 0.492 e. The van der Waals surface area contributed by atoms with Crippen molar-refractivity contribution in [3.8, 4) is 5.75 Å². The van der Waals surface area contributed by atoms with Crippen molar-refractivity contribution in [1.29, 1.82) is 0 Å². The summed E-state index contributed by atoms with van der Waals surface area (Å²) >= 11 is 0. The molecular formula is C12H20N2O. The molecule has 15 heavy (non-hydrogen) atoms. The number of benzene rings is 1. The Labute approximate surface area is 91.6 Å². The summed E-state index contributed by atoms with van der Waals surface area (Å²) in [4.78, 5) is 0. The van der Waals surface area contributed by atoms with Gasteiger partial charge in [0.1, 0.15) is 5.75 Å². The van der Waals surface area contributed by atoms with Gasteiger partial charge in [-0.05, 0) is 45.0 Å². The van der Waals surface area contributed by atoms with Crippen LogP contribution in [0.4, 0.5) is 5.69 Å². The molecule has 3 heteroatoms. The molecule has 1 atom stereocenters. The van der Waals surface area contributed by atoms with Crippen LogP contribution in [-0.2, 0) is 6.42 Å². The molecule has 84 valence electrons. The predicted molar refractivity (Wildman–Crippen MR) is 64.2 cm³/mol. The molecule has 0 bridgehead atoms. The number of rotatable bonds is 5. The van der Waals surface area contributed by atoms with Crippen molar-refractivity contribution in [2.75, 3.05) is 19.4 Å². The standard InChI is InChI=1S/C12H20N2O/c1-4-15-12-6-5-10(8-11(12)13)7-9(2)14-3/h5-6,8-9,14H,4,7,13H2,1-3H3. The van der Waals surface area contributed by atoms with E-state index in [4.69, 9.17) is 10.5 Å². The number of nitrogens with one attached hydrogen (secondary N) is 1. The zero-order valence-corrected chi connectivity index (χ0v) is 9.71. The molecule has 1 unspecified atom stereocenters. The van der Waals surface area contributed by atoms with Crippen molar-refractivity contribution >= 4 is 5.69 Å². The molecule has 0 saturated carbocycles. The maximum absolute atomic E-state index is 5.88. The maximum Gasteiger partial charge on any atom is 0.142 e. The van der Waals surface area contributed by atoms with E-state index in [0.29, 0.717) is 12.6 Å². The normalized spacial score (nSPS) is 12.5. The molecule has 0 radical (unpaired) electrons. The van der Waals surface area contributed by atoms with Gasteiger partial charge in [0, 0.05) is 6.04 Å². The minimum Gasteiger partial charge on any atom is -0.492 e. The lowest BCUT2D eigenvalue weighted by molar-refractivity contribution is 0.342. The first kappa shape index (κ1) is 11.9. The quantitative estimate of drug-likeness (QED) is 0.726. The number of hydrogen-bond donors (Lipinski definition) is 2. The molecule has 0 saturated heterocycles. The molecule has 1 rings (SSSR count). The Morgan fingerprint density at radius 3 is 2.73 bits per heavy atom. The van der Waals surface area contributed by atoms with Crippen LogP contribution in [-0.4, -0.2) is 19.7 Å². The highest BCUT2D eigenvalue weighted by molar-refractivity contribution is 5.54. The van der Waals surface area contributed by atoms with Crippen LogP contribution in [0.2, 0.25) is 0 Å². The number of likely N-dealkylation sites (N-methyl/N-ethyl adjacent to an activating group) is 1. The molecule has 3 nitrogen and oxygen atoms in total. The van der Waals surface area contributed by atoms with Gasteiger partial charge < -0.3 is 15.8 Å². The first-order valence-corrected chi connectivity index (χ1v) is 5.35. The van der Waals surface area contributed by atoms with Crippen molar-refractivity contribution in [3.05, 3.63) is 23.8 Å². The first-order valence-electron chi connectivity index (χ1n) is 5.35. The summed E-state index contributed by atoms with van der Waals surface area (Å²) in [6.45, 7) is 4.75. The summed E-state index contributed by atoms with van der Waals surface area (Å²) in [6.07, 6.45) is 0.979. The minimum atomic E-state index is 0.461. The zero-order valence-electron chi connectivity index (χ0n) is 9.71. The predicted octanol–water partition coefficient (Wildman–Crippen LogP) is 1.82. The molecule has 0 amide bonds. The van der Waals surface area contributed by atoms with Crippen LogP contribution in [0.5, 0.6) is 5.75 Å². The van der Waals surface area contributed by atoms with E-state index in [2.05, 4.69) is 18.3 Å². The fraction of sp³-hybridized carbons (Fsp3) is 0.500. The van der Waals surface area contributed by atoms with E-state index in [0.717, 1.165) is 17.9 Å². The SMILES string of the molecule is CCOc1ccc(CC(C)NC)cc1N. The minimum absolute atomic E-state index is 0.461. The van der Waals surface area contributed by atoms with Crippen molar-refractivity contribution in [3.63, 3.8) is 0 Å². The first-order chi connectivity index (χ1) is 7.17. The van der Waals surface area contributed by atoms with Crippen molar-refractivity contribution < 1.29 is 4.74 Å². The van der Waals surface area contributed by atoms with Crippen LogP contribution >= 0.6 is 0 Å². The highest BCUT2D eigenvalue weighted by atomic mass is 16.5. The van der Waals surface area contributed by atoms with Crippen molar-refractivity contribution in [2.24, 2.45) is 0 Å². The summed E-state index contributed by atoms with van der Waals surface area (Å²) in [5.41, 5.74) is 7.83. The van der Waals surface area contributed by atoms with Crippen LogP contribution in [0.1, 0.15) is 19.4 Å². The average Bonchev–Trinajstić information content (AvgIpc) is 2.22. The molecule has 1 aromatic carbocycles. The number of nitrogen functional groups attached to an aromatic ring is 1. The smallest absolute Gasteiger partial charge is 0.142 e. The number of hydrogen-bond acceptors (Lipinski definition) is 3. The molecule has 0 heterocycles. The lowest BCUT2D eigenvalue weighted by atomic mass is 10.1. The number of anilines is 1. The summed E-state index contributed by atoms with van der Waals surface area (Å²) in [7, 11) is 1.96. The van der Waals surface area contributed by atoms with Gasteiger partial charge in [0.25, 0.3) is 0 Å². The van der Waals surface area contributed by atoms with Crippen molar-refractivity contribution in [2.45, 2.75) is 26.3 Å². The van der Waals surface area contributed by atoms with E-state index in [9.17, 15) is 0 Å². The van der Waals surface area contributed by atoms with Gasteiger partial charge in [-0.25, -0.2) is 0 Å². The molecule has 0 aliphatic rings. The maximum atomic E-state index is 5.88. The molecule has 0 aliphatic heterocycles. The van der Waals surface area contributed by atoms with Gasteiger partial charge in [-0.1, -0.05) is 6.07 Å². The van der Waals surface area contributed by atoms with Gasteiger partial charge in [-0.15, -0.1) is 0 Å². The average molecular weight is 208 g/mol. The molecule has 0 fully saturated rings. The summed E-state index contributed by atoms with van der Waals surface area (Å²) in [6, 6.07) is 6.45. The van der Waals surface area contributed by atoms with E-state index >= 15 is 0 Å². The van der Waals surface area contributed by atoms with E-state index in [1.54, 1.807) is 0 Å². The van der Waals surface area contributed by atoms with Gasteiger partial charge in [-0.3, -0.25) is 0 Å². The van der Waals surface area contributed by atoms with Crippen LogP contribution < -0.4 is 15.8 Å². The van der Waals surface area contributed by atoms with E-state index in [1.807, 2.05) is 26.1 Å². The van der Waals surface area contributed by atoms with Crippen LogP contribution in [0.15, 0.2) is 18.2 Å². The summed E-state index contributed by atoms with van der Waals surface area (Å²) in [5.74, 6) is 0.776. The Balaban J connectivity index is 2.73. The molecule has 0 spiro atoms. The van der Waals surface area contributed by atoms with Gasteiger partial charge in [0.15, 0.2) is 0 Å². The van der Waals surface area contributed by atoms with Crippen LogP contribution in [0, 0.1) is 0 Å². The lowest BCUT2D eigenvalue weighted by Gasteiger charge is -2.12. The van der Waals surface area contributed by atoms with Crippen LogP contribution in [0.25, 0.3) is 0 Å². The Morgan fingerprint density at radius 1 is 1.47 bits per heavy atom. The lowest BCUT2D eigenvalue weighted by Crippen LogP contribution is -2.23.